The standard InChI is InChI=1S/C19H18N2O4/c1-12-19(24)25-18(20-12)15(11-14-9-5-6-10-16(14)22)21-17(23)13-7-3-2-4-8-13/h2-12,18,20,22H,1H3,(H,21,23)/b15-11-. The zero-order valence-electron chi connectivity index (χ0n) is 13.6. The van der Waals surface area contributed by atoms with Crippen molar-refractivity contribution >= 4 is 18.0 Å². The van der Waals surface area contributed by atoms with Gasteiger partial charge < -0.3 is 15.2 Å². The number of esters is 1. The van der Waals surface area contributed by atoms with Gasteiger partial charge >= 0.3 is 5.97 Å². The summed E-state index contributed by atoms with van der Waals surface area (Å²) in [5, 5.41) is 15.7. The van der Waals surface area contributed by atoms with Crippen LogP contribution in [0.5, 0.6) is 5.75 Å². The van der Waals surface area contributed by atoms with Gasteiger partial charge in [-0.05, 0) is 31.2 Å². The topological polar surface area (TPSA) is 87.7 Å². The fourth-order valence-corrected chi connectivity index (χ4v) is 2.45. The van der Waals surface area contributed by atoms with Crippen LogP contribution in [0.1, 0.15) is 22.8 Å². The van der Waals surface area contributed by atoms with E-state index in [1.165, 1.54) is 0 Å². The molecule has 2 aromatic rings. The first kappa shape index (κ1) is 16.7. The van der Waals surface area contributed by atoms with Crippen LogP contribution in [0.4, 0.5) is 0 Å². The number of carbonyl (C=O) groups is 2. The molecule has 2 atom stereocenters. The molecule has 1 saturated heterocycles. The van der Waals surface area contributed by atoms with Crippen molar-refractivity contribution in [2.75, 3.05) is 0 Å². The van der Waals surface area contributed by atoms with Crippen LogP contribution in [0, 0.1) is 0 Å². The number of amides is 1. The Morgan fingerprint density at radius 1 is 1.16 bits per heavy atom. The first-order chi connectivity index (χ1) is 12.0. The predicted octanol–water partition coefficient (Wildman–Crippen LogP) is 2.02. The molecule has 3 rings (SSSR count). The van der Waals surface area contributed by atoms with Gasteiger partial charge in [-0.25, -0.2) is 0 Å². The van der Waals surface area contributed by atoms with Crippen LogP contribution in [0.25, 0.3) is 6.08 Å². The Labute approximate surface area is 145 Å². The summed E-state index contributed by atoms with van der Waals surface area (Å²) in [4.78, 5) is 24.2. The number of nitrogens with one attached hydrogen (secondary N) is 2. The van der Waals surface area contributed by atoms with Crippen molar-refractivity contribution in [1.82, 2.24) is 10.6 Å². The molecule has 25 heavy (non-hydrogen) atoms. The average molecular weight is 338 g/mol. The van der Waals surface area contributed by atoms with Crippen LogP contribution < -0.4 is 10.6 Å². The minimum absolute atomic E-state index is 0.0614. The van der Waals surface area contributed by atoms with Crippen molar-refractivity contribution in [3.8, 4) is 5.75 Å². The maximum atomic E-state index is 12.5. The Balaban J connectivity index is 1.91. The second-order valence-electron chi connectivity index (χ2n) is 5.68. The van der Waals surface area contributed by atoms with E-state index in [4.69, 9.17) is 4.74 Å². The van der Waals surface area contributed by atoms with E-state index < -0.39 is 18.2 Å². The molecule has 0 radical (unpaired) electrons. The first-order valence-corrected chi connectivity index (χ1v) is 7.87. The Morgan fingerprint density at radius 2 is 1.84 bits per heavy atom. The maximum Gasteiger partial charge on any atom is 0.324 e. The van der Waals surface area contributed by atoms with Gasteiger partial charge in [0.15, 0.2) is 6.23 Å². The Kier molecular flexibility index (Phi) is 4.81. The van der Waals surface area contributed by atoms with Crippen molar-refractivity contribution in [3.05, 3.63) is 71.4 Å². The summed E-state index contributed by atoms with van der Waals surface area (Å²) in [6.07, 6.45) is 0.786. The molecule has 0 saturated carbocycles. The molecule has 3 N–H and O–H groups in total. The van der Waals surface area contributed by atoms with Crippen molar-refractivity contribution in [1.29, 1.82) is 0 Å². The number of phenolic OH excluding ortho intramolecular Hbond substituents is 1. The zero-order chi connectivity index (χ0) is 17.8. The van der Waals surface area contributed by atoms with Gasteiger partial charge in [0.25, 0.3) is 5.91 Å². The Hall–Kier alpha value is -3.12. The molecule has 6 heteroatoms. The van der Waals surface area contributed by atoms with E-state index in [0.29, 0.717) is 16.8 Å². The number of carbonyl (C=O) groups excluding carboxylic acids is 2. The molecular formula is C19H18N2O4. The average Bonchev–Trinajstić information content (AvgIpc) is 2.96. The number of hydrogen-bond acceptors (Lipinski definition) is 5. The molecule has 0 aliphatic carbocycles. The maximum absolute atomic E-state index is 12.5. The van der Waals surface area contributed by atoms with Crippen LogP contribution in [0.15, 0.2) is 60.3 Å². The van der Waals surface area contributed by atoms with Gasteiger partial charge in [-0.2, -0.15) is 0 Å². The highest BCUT2D eigenvalue weighted by atomic mass is 16.6. The van der Waals surface area contributed by atoms with Crippen molar-refractivity contribution < 1.29 is 19.4 Å². The lowest BCUT2D eigenvalue weighted by Crippen LogP contribution is -2.37. The lowest BCUT2D eigenvalue weighted by atomic mass is 10.1. The van der Waals surface area contributed by atoms with Crippen LogP contribution in [0.3, 0.4) is 0 Å². The molecule has 1 aliphatic heterocycles. The number of para-hydroxylation sites is 1. The van der Waals surface area contributed by atoms with E-state index >= 15 is 0 Å². The molecule has 0 bridgehead atoms. The zero-order valence-corrected chi connectivity index (χ0v) is 13.6. The molecule has 0 aromatic heterocycles. The summed E-state index contributed by atoms with van der Waals surface area (Å²) in [5.74, 6) is -0.673. The number of hydrogen-bond donors (Lipinski definition) is 3. The largest absolute Gasteiger partial charge is 0.507 e. The SMILES string of the molecule is CC1NC(/C(=C/c2ccccc2O)NC(=O)c2ccccc2)OC1=O. The number of cyclic esters (lactones) is 1. The molecule has 1 aliphatic rings. The number of benzene rings is 2. The number of aromatic hydroxyl groups is 1. The molecule has 6 nitrogen and oxygen atoms in total. The lowest BCUT2D eigenvalue weighted by molar-refractivity contribution is -0.141. The molecule has 128 valence electrons. The first-order valence-electron chi connectivity index (χ1n) is 7.87. The Bertz CT molecular complexity index is 817. The Morgan fingerprint density at radius 3 is 2.48 bits per heavy atom. The van der Waals surface area contributed by atoms with Gasteiger partial charge in [-0.15, -0.1) is 0 Å². The van der Waals surface area contributed by atoms with Crippen LogP contribution >= 0.6 is 0 Å². The summed E-state index contributed by atoms with van der Waals surface area (Å²) in [6, 6.07) is 14.9. The molecular weight excluding hydrogens is 320 g/mol. The van der Waals surface area contributed by atoms with Gasteiger partial charge in [-0.1, -0.05) is 36.4 Å². The van der Waals surface area contributed by atoms with Crippen molar-refractivity contribution in [3.63, 3.8) is 0 Å². The number of rotatable bonds is 4. The second-order valence-corrected chi connectivity index (χ2v) is 5.68. The summed E-state index contributed by atoms with van der Waals surface area (Å²) in [7, 11) is 0. The normalized spacial score (nSPS) is 20.2. The number of phenols is 1. The third kappa shape index (κ3) is 3.87. The third-order valence-corrected chi connectivity index (χ3v) is 3.81. The van der Waals surface area contributed by atoms with Crippen LogP contribution in [-0.4, -0.2) is 29.3 Å². The van der Waals surface area contributed by atoms with E-state index in [0.717, 1.165) is 0 Å². The highest BCUT2D eigenvalue weighted by molar-refractivity contribution is 5.96. The number of ether oxygens (including phenoxy) is 1. The van der Waals surface area contributed by atoms with E-state index in [1.807, 2.05) is 6.07 Å². The molecule has 1 heterocycles. The minimum Gasteiger partial charge on any atom is -0.507 e. The second kappa shape index (κ2) is 7.19. The molecule has 1 amide bonds. The van der Waals surface area contributed by atoms with Gasteiger partial charge in [-0.3, -0.25) is 14.9 Å². The van der Waals surface area contributed by atoms with Crippen molar-refractivity contribution in [2.24, 2.45) is 0 Å². The van der Waals surface area contributed by atoms with Gasteiger partial charge in [0, 0.05) is 11.1 Å². The monoisotopic (exact) mass is 338 g/mol. The minimum atomic E-state index is -0.797. The highest BCUT2D eigenvalue weighted by Gasteiger charge is 2.33. The van der Waals surface area contributed by atoms with Crippen LogP contribution in [0.2, 0.25) is 0 Å². The van der Waals surface area contributed by atoms with E-state index in [-0.39, 0.29) is 11.7 Å². The lowest BCUT2D eigenvalue weighted by Gasteiger charge is -2.16. The highest BCUT2D eigenvalue weighted by Crippen LogP contribution is 2.21. The molecule has 1 fully saturated rings. The van der Waals surface area contributed by atoms with E-state index in [9.17, 15) is 14.7 Å². The molecule has 2 aromatic carbocycles. The smallest absolute Gasteiger partial charge is 0.324 e. The van der Waals surface area contributed by atoms with Crippen molar-refractivity contribution in [2.45, 2.75) is 19.2 Å². The third-order valence-electron chi connectivity index (χ3n) is 3.81. The van der Waals surface area contributed by atoms with E-state index in [1.54, 1.807) is 61.5 Å². The molecule has 0 spiro atoms. The summed E-state index contributed by atoms with van der Waals surface area (Å²) < 4.78 is 5.27. The van der Waals surface area contributed by atoms with Gasteiger partial charge in [0.05, 0.1) is 5.70 Å². The summed E-state index contributed by atoms with van der Waals surface area (Å²) >= 11 is 0. The van der Waals surface area contributed by atoms with Crippen LogP contribution in [-0.2, 0) is 9.53 Å². The fourth-order valence-electron chi connectivity index (χ4n) is 2.45. The quantitative estimate of drug-likeness (QED) is 0.743. The summed E-state index contributed by atoms with van der Waals surface area (Å²) in [5.41, 5.74) is 1.32. The predicted molar refractivity (Wildman–Crippen MR) is 92.5 cm³/mol. The van der Waals surface area contributed by atoms with Gasteiger partial charge in [0.2, 0.25) is 0 Å². The van der Waals surface area contributed by atoms with E-state index in [2.05, 4.69) is 10.6 Å². The fraction of sp³-hybridized carbons (Fsp3) is 0.158. The summed E-state index contributed by atoms with van der Waals surface area (Å²) in [6.45, 7) is 1.68. The van der Waals surface area contributed by atoms with Gasteiger partial charge in [0.1, 0.15) is 11.8 Å². The molecule has 2 unspecified atom stereocenters.